The summed E-state index contributed by atoms with van der Waals surface area (Å²) in [4.78, 5) is 29.6. The monoisotopic (exact) mass is 397 g/mol. The molecule has 0 atom stereocenters. The largest absolute Gasteiger partial charge is 0.416 e. The van der Waals surface area contributed by atoms with Crippen molar-refractivity contribution in [3.05, 3.63) is 46.0 Å². The number of nitrogens with one attached hydrogen (secondary N) is 2. The summed E-state index contributed by atoms with van der Waals surface area (Å²) in [7, 11) is 0. The van der Waals surface area contributed by atoms with Gasteiger partial charge in [0, 0.05) is 10.4 Å². The number of rotatable bonds is 4. The number of amides is 2. The number of halogens is 3. The molecule has 0 aliphatic heterocycles. The second-order valence-corrected chi connectivity index (χ2v) is 7.34. The van der Waals surface area contributed by atoms with Crippen molar-refractivity contribution < 1.29 is 22.8 Å². The van der Waals surface area contributed by atoms with Crippen LogP contribution in [0.1, 0.15) is 45.8 Å². The first kappa shape index (κ1) is 19.3. The Morgan fingerprint density at radius 1 is 1.07 bits per heavy atom. The molecule has 2 amide bonds. The zero-order valence-corrected chi connectivity index (χ0v) is 15.2. The number of carbonyl (C=O) groups excluding carboxylic acids is 2. The fourth-order valence-corrected chi connectivity index (χ4v) is 3.88. The summed E-state index contributed by atoms with van der Waals surface area (Å²) in [5.41, 5.74) is 0.249. The lowest BCUT2D eigenvalue weighted by atomic mass is 10.1. The highest BCUT2D eigenvalue weighted by molar-refractivity contribution is 7.15. The number of hydrogen-bond donors (Lipinski definition) is 2. The Morgan fingerprint density at radius 3 is 2.48 bits per heavy atom. The number of hydrogen-bond acceptors (Lipinski definition) is 4. The van der Waals surface area contributed by atoms with Crippen molar-refractivity contribution in [3.63, 3.8) is 0 Å². The average molecular weight is 397 g/mol. The maximum atomic E-state index is 12.5. The van der Waals surface area contributed by atoms with E-state index in [1.54, 1.807) is 0 Å². The number of anilines is 1. The third-order valence-electron chi connectivity index (χ3n) is 4.23. The van der Waals surface area contributed by atoms with E-state index in [4.69, 9.17) is 0 Å². The smallest absolute Gasteiger partial charge is 0.343 e. The van der Waals surface area contributed by atoms with Gasteiger partial charge in [-0.1, -0.05) is 6.42 Å². The second-order valence-electron chi connectivity index (χ2n) is 6.26. The highest BCUT2D eigenvalue weighted by Crippen LogP contribution is 2.29. The van der Waals surface area contributed by atoms with E-state index in [0.29, 0.717) is 5.13 Å². The summed E-state index contributed by atoms with van der Waals surface area (Å²) in [5.74, 6) is -1.05. The number of benzene rings is 1. The van der Waals surface area contributed by atoms with Gasteiger partial charge in [-0.05, 0) is 49.9 Å². The molecule has 3 rings (SSSR count). The molecule has 5 nitrogen and oxygen atoms in total. The number of alkyl halides is 3. The molecule has 2 aromatic rings. The minimum atomic E-state index is -4.46. The maximum Gasteiger partial charge on any atom is 0.416 e. The SMILES string of the molecule is O=C(CNC(=O)c1ccc(C(F)(F)F)cc1)Nc1nc2c(s1)CCCCC2. The Kier molecular flexibility index (Phi) is 5.79. The summed E-state index contributed by atoms with van der Waals surface area (Å²) in [6.45, 7) is -0.288. The molecule has 0 radical (unpaired) electrons. The highest BCUT2D eigenvalue weighted by atomic mass is 32.1. The van der Waals surface area contributed by atoms with E-state index in [9.17, 15) is 22.8 Å². The van der Waals surface area contributed by atoms with Crippen LogP contribution in [-0.4, -0.2) is 23.3 Å². The number of aryl methyl sites for hydroxylation is 2. The fourth-order valence-electron chi connectivity index (χ4n) is 2.82. The third-order valence-corrected chi connectivity index (χ3v) is 5.30. The first-order valence-electron chi connectivity index (χ1n) is 8.57. The number of thiazole rings is 1. The van der Waals surface area contributed by atoms with Crippen LogP contribution in [0.3, 0.4) is 0 Å². The van der Waals surface area contributed by atoms with Crippen molar-refractivity contribution in [2.45, 2.75) is 38.3 Å². The average Bonchev–Trinajstić information content (AvgIpc) is 2.87. The van der Waals surface area contributed by atoms with Gasteiger partial charge in [0.1, 0.15) is 0 Å². The molecule has 1 aromatic carbocycles. The Balaban J connectivity index is 1.52. The van der Waals surface area contributed by atoms with Gasteiger partial charge in [-0.25, -0.2) is 4.98 Å². The number of fused-ring (bicyclic) bond motifs is 1. The molecule has 0 saturated heterocycles. The van der Waals surface area contributed by atoms with E-state index in [1.807, 2.05) is 0 Å². The topological polar surface area (TPSA) is 71.1 Å². The summed E-state index contributed by atoms with van der Waals surface area (Å²) in [6, 6.07) is 3.82. The fraction of sp³-hybridized carbons (Fsp3) is 0.389. The summed E-state index contributed by atoms with van der Waals surface area (Å²) in [5, 5.41) is 5.56. The molecule has 0 unspecified atom stereocenters. The van der Waals surface area contributed by atoms with Crippen molar-refractivity contribution >= 4 is 28.3 Å². The van der Waals surface area contributed by atoms with Crippen LogP contribution in [0.5, 0.6) is 0 Å². The van der Waals surface area contributed by atoms with Gasteiger partial charge >= 0.3 is 6.18 Å². The zero-order chi connectivity index (χ0) is 19.4. The molecule has 1 aliphatic rings. The lowest BCUT2D eigenvalue weighted by Gasteiger charge is -2.08. The van der Waals surface area contributed by atoms with Crippen LogP contribution in [0.15, 0.2) is 24.3 Å². The third kappa shape index (κ3) is 5.06. The van der Waals surface area contributed by atoms with Gasteiger partial charge in [-0.3, -0.25) is 9.59 Å². The van der Waals surface area contributed by atoms with E-state index in [2.05, 4.69) is 15.6 Å². The van der Waals surface area contributed by atoms with E-state index in [-0.39, 0.29) is 12.1 Å². The molecule has 1 aliphatic carbocycles. The van der Waals surface area contributed by atoms with Crippen LogP contribution in [0, 0.1) is 0 Å². The molecule has 1 heterocycles. The van der Waals surface area contributed by atoms with Crippen molar-refractivity contribution in [2.24, 2.45) is 0 Å². The van der Waals surface area contributed by atoms with Gasteiger partial charge in [0.05, 0.1) is 17.8 Å². The number of aromatic nitrogens is 1. The maximum absolute atomic E-state index is 12.5. The van der Waals surface area contributed by atoms with E-state index >= 15 is 0 Å². The van der Waals surface area contributed by atoms with Gasteiger partial charge in [0.2, 0.25) is 5.91 Å². The molecular formula is C18H18F3N3O2S. The predicted octanol–water partition coefficient (Wildman–Crippen LogP) is 3.80. The van der Waals surface area contributed by atoms with Gasteiger partial charge in [0.25, 0.3) is 5.91 Å². The molecule has 2 N–H and O–H groups in total. The van der Waals surface area contributed by atoms with Crippen molar-refractivity contribution in [1.82, 2.24) is 10.3 Å². The zero-order valence-electron chi connectivity index (χ0n) is 14.4. The van der Waals surface area contributed by atoms with Crippen LogP contribution in [0.25, 0.3) is 0 Å². The second kappa shape index (κ2) is 8.08. The van der Waals surface area contributed by atoms with Gasteiger partial charge in [-0.2, -0.15) is 13.2 Å². The molecule has 0 saturated carbocycles. The van der Waals surface area contributed by atoms with Crippen LogP contribution in [0.2, 0.25) is 0 Å². The van der Waals surface area contributed by atoms with Gasteiger partial charge in [0.15, 0.2) is 5.13 Å². The van der Waals surface area contributed by atoms with Crippen molar-refractivity contribution in [3.8, 4) is 0 Å². The lowest BCUT2D eigenvalue weighted by Crippen LogP contribution is -2.32. The molecule has 0 fully saturated rings. The highest BCUT2D eigenvalue weighted by Gasteiger charge is 2.30. The molecule has 27 heavy (non-hydrogen) atoms. The van der Waals surface area contributed by atoms with Crippen LogP contribution < -0.4 is 10.6 Å². The Bertz CT molecular complexity index is 808. The summed E-state index contributed by atoms with van der Waals surface area (Å²) in [6.07, 6.45) is 0.806. The van der Waals surface area contributed by atoms with Gasteiger partial charge in [-0.15, -0.1) is 11.3 Å². The Morgan fingerprint density at radius 2 is 1.78 bits per heavy atom. The standard InChI is InChI=1S/C18H18F3N3O2S/c19-18(20,21)12-8-6-11(7-9-12)16(26)22-10-15(25)24-17-23-13-4-2-1-3-5-14(13)27-17/h6-9H,1-5,10H2,(H,22,26)(H,23,24,25). The first-order valence-corrected chi connectivity index (χ1v) is 9.38. The Hall–Kier alpha value is -2.42. The van der Waals surface area contributed by atoms with E-state index in [1.165, 1.54) is 22.6 Å². The molecule has 144 valence electrons. The minimum absolute atomic E-state index is 0.0526. The van der Waals surface area contributed by atoms with E-state index in [0.717, 1.165) is 55.6 Å². The molecule has 0 spiro atoms. The molecule has 1 aromatic heterocycles. The summed E-state index contributed by atoms with van der Waals surface area (Å²) >= 11 is 1.45. The lowest BCUT2D eigenvalue weighted by molar-refractivity contribution is -0.137. The van der Waals surface area contributed by atoms with Gasteiger partial charge < -0.3 is 10.6 Å². The predicted molar refractivity (Wildman–Crippen MR) is 95.8 cm³/mol. The molecular weight excluding hydrogens is 379 g/mol. The van der Waals surface area contributed by atoms with Crippen LogP contribution >= 0.6 is 11.3 Å². The first-order chi connectivity index (χ1) is 12.8. The minimum Gasteiger partial charge on any atom is -0.343 e. The number of carbonyl (C=O) groups is 2. The molecule has 9 heteroatoms. The van der Waals surface area contributed by atoms with Crippen LogP contribution in [0.4, 0.5) is 18.3 Å². The normalized spacial score (nSPS) is 14.2. The Labute approximate surface area is 158 Å². The van der Waals surface area contributed by atoms with Crippen molar-refractivity contribution in [2.75, 3.05) is 11.9 Å². The van der Waals surface area contributed by atoms with E-state index < -0.39 is 23.6 Å². The number of nitrogens with zero attached hydrogens (tertiary/aromatic N) is 1. The van der Waals surface area contributed by atoms with Crippen molar-refractivity contribution in [1.29, 1.82) is 0 Å². The molecule has 0 bridgehead atoms. The summed E-state index contributed by atoms with van der Waals surface area (Å²) < 4.78 is 37.6. The quantitative estimate of drug-likeness (QED) is 0.771. The van der Waals surface area contributed by atoms with Crippen LogP contribution in [-0.2, 0) is 23.8 Å².